The highest BCUT2D eigenvalue weighted by Crippen LogP contribution is 2.19. The van der Waals surface area contributed by atoms with Crippen LogP contribution < -0.4 is 4.74 Å². The molecule has 0 saturated carbocycles. The molecule has 0 unspecified atom stereocenters. The van der Waals surface area contributed by atoms with Crippen LogP contribution in [0.2, 0.25) is 0 Å². The average Bonchev–Trinajstić information content (AvgIpc) is 2.29. The van der Waals surface area contributed by atoms with Gasteiger partial charge in [-0.3, -0.25) is 0 Å². The van der Waals surface area contributed by atoms with Crippen molar-refractivity contribution in [3.63, 3.8) is 0 Å². The molecule has 0 atom stereocenters. The Morgan fingerprint density at radius 1 is 0.941 bits per heavy atom. The molecule has 0 N–H and O–H groups in total. The molecule has 2 nitrogen and oxygen atoms in total. The number of halogens is 2. The summed E-state index contributed by atoms with van der Waals surface area (Å²) in [5.74, 6) is 0.147. The second kappa shape index (κ2) is 5.47. The first-order valence-electron chi connectivity index (χ1n) is 4.88. The van der Waals surface area contributed by atoms with E-state index >= 15 is 0 Å². The van der Waals surface area contributed by atoms with Gasteiger partial charge in [-0.15, -0.1) is 0 Å². The van der Waals surface area contributed by atoms with Crippen LogP contribution in [0.3, 0.4) is 0 Å². The highest BCUT2D eigenvalue weighted by molar-refractivity contribution is 9.10. The summed E-state index contributed by atoms with van der Waals surface area (Å²) in [4.78, 5) is 11.8. The number of rotatable bonds is 2. The second-order valence-electron chi connectivity index (χ2n) is 3.36. The Kier molecular flexibility index (Phi) is 3.97. The van der Waals surface area contributed by atoms with E-state index in [9.17, 15) is 4.79 Å². The standard InChI is InChI=1S/C13H8Br2O2/c14-10-4-1-3-9(7-10)13(16)17-12-6-2-5-11(15)8-12/h1-8H. The molecule has 0 fully saturated rings. The van der Waals surface area contributed by atoms with Gasteiger partial charge in [-0.25, -0.2) is 4.79 Å². The molecule has 0 radical (unpaired) electrons. The summed E-state index contributed by atoms with van der Waals surface area (Å²) in [5.41, 5.74) is 0.513. The highest BCUT2D eigenvalue weighted by atomic mass is 79.9. The van der Waals surface area contributed by atoms with E-state index in [-0.39, 0.29) is 5.97 Å². The zero-order valence-corrected chi connectivity index (χ0v) is 11.9. The molecule has 86 valence electrons. The van der Waals surface area contributed by atoms with Gasteiger partial charge in [-0.2, -0.15) is 0 Å². The number of hydrogen-bond acceptors (Lipinski definition) is 2. The second-order valence-corrected chi connectivity index (χ2v) is 5.19. The molecule has 0 aliphatic rings. The van der Waals surface area contributed by atoms with E-state index in [0.29, 0.717) is 11.3 Å². The summed E-state index contributed by atoms with van der Waals surface area (Å²) in [6.45, 7) is 0. The van der Waals surface area contributed by atoms with Crippen molar-refractivity contribution in [2.75, 3.05) is 0 Å². The van der Waals surface area contributed by atoms with Crippen molar-refractivity contribution in [3.8, 4) is 5.75 Å². The Hall–Kier alpha value is -1.13. The van der Waals surface area contributed by atoms with E-state index in [1.807, 2.05) is 18.2 Å². The molecule has 0 aliphatic carbocycles. The van der Waals surface area contributed by atoms with E-state index in [4.69, 9.17) is 4.74 Å². The first kappa shape index (κ1) is 12.3. The van der Waals surface area contributed by atoms with Crippen molar-refractivity contribution in [3.05, 3.63) is 63.0 Å². The van der Waals surface area contributed by atoms with Crippen LogP contribution in [0.25, 0.3) is 0 Å². The Balaban J connectivity index is 2.17. The smallest absolute Gasteiger partial charge is 0.343 e. The third kappa shape index (κ3) is 3.41. The van der Waals surface area contributed by atoms with E-state index in [1.165, 1.54) is 0 Å². The summed E-state index contributed by atoms with van der Waals surface area (Å²) in [7, 11) is 0. The number of esters is 1. The fraction of sp³-hybridized carbons (Fsp3) is 0. The predicted molar refractivity (Wildman–Crippen MR) is 73.2 cm³/mol. The molecule has 0 aromatic heterocycles. The van der Waals surface area contributed by atoms with Crippen LogP contribution in [0.15, 0.2) is 57.5 Å². The zero-order chi connectivity index (χ0) is 12.3. The lowest BCUT2D eigenvalue weighted by molar-refractivity contribution is 0.0734. The van der Waals surface area contributed by atoms with Gasteiger partial charge in [0.25, 0.3) is 0 Å². The maximum Gasteiger partial charge on any atom is 0.343 e. The average molecular weight is 356 g/mol. The number of ether oxygens (including phenoxy) is 1. The lowest BCUT2D eigenvalue weighted by Gasteiger charge is -2.04. The van der Waals surface area contributed by atoms with Crippen molar-refractivity contribution in [1.82, 2.24) is 0 Å². The van der Waals surface area contributed by atoms with E-state index < -0.39 is 0 Å². The molecule has 17 heavy (non-hydrogen) atoms. The van der Waals surface area contributed by atoms with E-state index in [0.717, 1.165) is 8.95 Å². The molecule has 2 aromatic carbocycles. The maximum atomic E-state index is 11.8. The van der Waals surface area contributed by atoms with Gasteiger partial charge < -0.3 is 4.74 Å². The number of carbonyl (C=O) groups excluding carboxylic acids is 1. The molecule has 2 rings (SSSR count). The van der Waals surface area contributed by atoms with Gasteiger partial charge in [0.2, 0.25) is 0 Å². The van der Waals surface area contributed by atoms with Crippen molar-refractivity contribution in [2.24, 2.45) is 0 Å². The molecule has 0 amide bonds. The third-order valence-electron chi connectivity index (χ3n) is 2.07. The number of carbonyl (C=O) groups is 1. The summed E-state index contributed by atoms with van der Waals surface area (Å²) < 4.78 is 6.97. The van der Waals surface area contributed by atoms with Crippen LogP contribution in [0.4, 0.5) is 0 Å². The quantitative estimate of drug-likeness (QED) is 0.588. The minimum Gasteiger partial charge on any atom is -0.423 e. The van der Waals surface area contributed by atoms with Crippen molar-refractivity contribution < 1.29 is 9.53 Å². The van der Waals surface area contributed by atoms with E-state index in [2.05, 4.69) is 31.9 Å². The van der Waals surface area contributed by atoms with Crippen LogP contribution in [0.1, 0.15) is 10.4 Å². The van der Waals surface area contributed by atoms with Crippen LogP contribution in [-0.4, -0.2) is 5.97 Å². The van der Waals surface area contributed by atoms with Crippen LogP contribution in [0, 0.1) is 0 Å². The lowest BCUT2D eigenvalue weighted by atomic mass is 10.2. The maximum absolute atomic E-state index is 11.8. The molecular weight excluding hydrogens is 348 g/mol. The summed E-state index contributed by atoms with van der Waals surface area (Å²) in [6, 6.07) is 14.3. The highest BCUT2D eigenvalue weighted by Gasteiger charge is 2.08. The molecule has 2 aromatic rings. The van der Waals surface area contributed by atoms with E-state index in [1.54, 1.807) is 30.3 Å². The lowest BCUT2D eigenvalue weighted by Crippen LogP contribution is -2.08. The minimum atomic E-state index is -0.371. The molecule has 0 aliphatic heterocycles. The van der Waals surface area contributed by atoms with Crippen LogP contribution in [0.5, 0.6) is 5.75 Å². The first-order chi connectivity index (χ1) is 8.15. The first-order valence-corrected chi connectivity index (χ1v) is 6.47. The van der Waals surface area contributed by atoms with Gasteiger partial charge in [0, 0.05) is 8.95 Å². The van der Waals surface area contributed by atoms with Crippen molar-refractivity contribution >= 4 is 37.8 Å². The van der Waals surface area contributed by atoms with Crippen LogP contribution in [-0.2, 0) is 0 Å². The predicted octanol–water partition coefficient (Wildman–Crippen LogP) is 4.43. The fourth-order valence-electron chi connectivity index (χ4n) is 1.31. The minimum absolute atomic E-state index is 0.371. The summed E-state index contributed by atoms with van der Waals surface area (Å²) in [5, 5.41) is 0. The fourth-order valence-corrected chi connectivity index (χ4v) is 2.09. The van der Waals surface area contributed by atoms with Gasteiger partial charge in [-0.05, 0) is 36.4 Å². The molecule has 0 heterocycles. The molecular formula is C13H8Br2O2. The zero-order valence-electron chi connectivity index (χ0n) is 8.69. The largest absolute Gasteiger partial charge is 0.423 e. The molecule has 4 heteroatoms. The van der Waals surface area contributed by atoms with Crippen molar-refractivity contribution in [1.29, 1.82) is 0 Å². The van der Waals surface area contributed by atoms with Crippen molar-refractivity contribution in [2.45, 2.75) is 0 Å². The summed E-state index contributed by atoms with van der Waals surface area (Å²) >= 11 is 6.63. The molecule has 0 bridgehead atoms. The molecule has 0 saturated heterocycles. The Morgan fingerprint density at radius 2 is 1.59 bits per heavy atom. The third-order valence-corrected chi connectivity index (χ3v) is 3.05. The SMILES string of the molecule is O=C(Oc1cccc(Br)c1)c1cccc(Br)c1. The van der Waals surface area contributed by atoms with Gasteiger partial charge >= 0.3 is 5.97 Å². The normalized spacial score (nSPS) is 10.0. The Bertz CT molecular complexity index is 553. The Labute approximate surface area is 116 Å². The number of hydrogen-bond donors (Lipinski definition) is 0. The summed E-state index contributed by atoms with van der Waals surface area (Å²) in [6.07, 6.45) is 0. The van der Waals surface area contributed by atoms with Gasteiger partial charge in [0.15, 0.2) is 0 Å². The number of benzene rings is 2. The van der Waals surface area contributed by atoms with Gasteiger partial charge in [0.05, 0.1) is 5.56 Å². The van der Waals surface area contributed by atoms with Gasteiger partial charge in [-0.1, -0.05) is 44.0 Å². The topological polar surface area (TPSA) is 26.3 Å². The molecule has 0 spiro atoms. The Morgan fingerprint density at radius 3 is 2.24 bits per heavy atom. The van der Waals surface area contributed by atoms with Crippen LogP contribution >= 0.6 is 31.9 Å². The van der Waals surface area contributed by atoms with Gasteiger partial charge in [0.1, 0.15) is 5.75 Å². The monoisotopic (exact) mass is 354 g/mol.